The van der Waals surface area contributed by atoms with Gasteiger partial charge in [0.2, 0.25) is 5.88 Å². The number of hydrogen-bond acceptors (Lipinski definition) is 7. The molecule has 5 rings (SSSR count). The summed E-state index contributed by atoms with van der Waals surface area (Å²) in [5.41, 5.74) is 2.55. The zero-order chi connectivity index (χ0) is 20.8. The highest BCUT2D eigenvalue weighted by molar-refractivity contribution is 5.97. The third-order valence-electron chi connectivity index (χ3n) is 5.15. The molecule has 0 amide bonds. The summed E-state index contributed by atoms with van der Waals surface area (Å²) >= 11 is 0. The number of carbonyl (C=O) groups excluding carboxylic acids is 1. The normalized spacial score (nSPS) is 15.8. The molecule has 0 unspecified atom stereocenters. The van der Waals surface area contributed by atoms with Crippen molar-refractivity contribution in [2.24, 2.45) is 0 Å². The summed E-state index contributed by atoms with van der Waals surface area (Å²) < 4.78 is 18.4. The summed E-state index contributed by atoms with van der Waals surface area (Å²) in [6.45, 7) is 3.28. The van der Waals surface area contributed by atoms with Crippen molar-refractivity contribution in [3.63, 3.8) is 0 Å². The average Bonchev–Trinajstić information content (AvgIpc) is 3.42. The number of Topliss-reactive ketones (excluding diaryl/α,β-unsaturated/α-hetero) is 1. The van der Waals surface area contributed by atoms with Gasteiger partial charge in [-0.2, -0.15) is 0 Å². The quantitative estimate of drug-likeness (QED) is 0.513. The molecular weight excluding hydrogens is 384 g/mol. The lowest BCUT2D eigenvalue weighted by molar-refractivity contribution is -0.114. The number of nitrogens with zero attached hydrogens (tertiary/aromatic N) is 4. The molecule has 3 aromatic heterocycles. The Balaban J connectivity index is 1.73. The molecule has 0 saturated heterocycles. The number of methoxy groups -OCH3 is 1. The van der Waals surface area contributed by atoms with Crippen LogP contribution in [0.3, 0.4) is 0 Å². The van der Waals surface area contributed by atoms with E-state index in [0.717, 1.165) is 11.3 Å². The van der Waals surface area contributed by atoms with Crippen LogP contribution in [0.25, 0.3) is 17.0 Å². The minimum atomic E-state index is -0.481. The first-order valence-corrected chi connectivity index (χ1v) is 9.39. The third-order valence-corrected chi connectivity index (χ3v) is 5.15. The fraction of sp³-hybridized carbons (Fsp3) is 0.182. The molecule has 0 N–H and O–H groups in total. The van der Waals surface area contributed by atoms with E-state index < -0.39 is 5.92 Å². The Labute approximate surface area is 171 Å². The van der Waals surface area contributed by atoms with Gasteiger partial charge in [0.05, 0.1) is 24.9 Å². The van der Waals surface area contributed by atoms with E-state index >= 15 is 0 Å². The van der Waals surface area contributed by atoms with Crippen LogP contribution < -0.4 is 9.47 Å². The molecule has 30 heavy (non-hydrogen) atoms. The molecule has 4 aromatic rings. The number of carbonyl (C=O) groups is 1. The van der Waals surface area contributed by atoms with Crippen LogP contribution in [0.2, 0.25) is 0 Å². The number of rotatable bonds is 4. The second kappa shape index (κ2) is 6.84. The predicted octanol–water partition coefficient (Wildman–Crippen LogP) is 3.78. The molecule has 4 heterocycles. The van der Waals surface area contributed by atoms with Gasteiger partial charge < -0.3 is 13.9 Å². The van der Waals surface area contributed by atoms with Gasteiger partial charge in [-0.1, -0.05) is 0 Å². The average molecular weight is 402 g/mol. The zero-order valence-electron chi connectivity index (χ0n) is 16.6. The summed E-state index contributed by atoms with van der Waals surface area (Å²) in [7, 11) is 1.62. The SMILES string of the molecule is COc1ccc(-c2nc3c4c(ncn3n2)OC(C)=C(C(C)=O)[C@H]4c2ccco2)cc1. The van der Waals surface area contributed by atoms with Crippen LogP contribution >= 0.6 is 0 Å². The number of fused-ring (bicyclic) bond motifs is 3. The van der Waals surface area contributed by atoms with Gasteiger partial charge in [0.25, 0.3) is 0 Å². The maximum Gasteiger partial charge on any atom is 0.228 e. The summed E-state index contributed by atoms with van der Waals surface area (Å²) in [5.74, 6) is 2.21. The minimum Gasteiger partial charge on any atom is -0.497 e. The van der Waals surface area contributed by atoms with Crippen molar-refractivity contribution in [3.8, 4) is 23.0 Å². The van der Waals surface area contributed by atoms with Crippen LogP contribution in [0.5, 0.6) is 11.6 Å². The number of ether oxygens (including phenoxy) is 2. The maximum absolute atomic E-state index is 12.5. The van der Waals surface area contributed by atoms with Gasteiger partial charge in [-0.3, -0.25) is 4.79 Å². The van der Waals surface area contributed by atoms with Crippen molar-refractivity contribution in [3.05, 3.63) is 71.6 Å². The van der Waals surface area contributed by atoms with Crippen LogP contribution in [-0.2, 0) is 4.79 Å². The second-order valence-corrected chi connectivity index (χ2v) is 6.97. The summed E-state index contributed by atoms with van der Waals surface area (Å²) in [5, 5.41) is 4.57. The Kier molecular flexibility index (Phi) is 4.13. The van der Waals surface area contributed by atoms with Crippen LogP contribution in [0.1, 0.15) is 31.1 Å². The molecule has 0 bridgehead atoms. The van der Waals surface area contributed by atoms with Crippen molar-refractivity contribution in [1.29, 1.82) is 0 Å². The van der Waals surface area contributed by atoms with Gasteiger partial charge in [-0.05, 0) is 50.2 Å². The van der Waals surface area contributed by atoms with E-state index in [-0.39, 0.29) is 5.78 Å². The maximum atomic E-state index is 12.5. The molecule has 0 aliphatic carbocycles. The predicted molar refractivity (Wildman–Crippen MR) is 107 cm³/mol. The van der Waals surface area contributed by atoms with Crippen molar-refractivity contribution in [1.82, 2.24) is 19.6 Å². The van der Waals surface area contributed by atoms with Gasteiger partial charge >= 0.3 is 0 Å². The number of ketones is 1. The molecule has 0 fully saturated rings. The van der Waals surface area contributed by atoms with Gasteiger partial charge in [-0.15, -0.1) is 5.10 Å². The summed E-state index contributed by atoms with van der Waals surface area (Å²) in [6.07, 6.45) is 3.14. The van der Waals surface area contributed by atoms with Gasteiger partial charge in [0, 0.05) is 11.1 Å². The van der Waals surface area contributed by atoms with E-state index in [4.69, 9.17) is 18.9 Å². The lowest BCUT2D eigenvalue weighted by Gasteiger charge is -2.26. The molecule has 1 aliphatic rings. The number of hydrogen-bond donors (Lipinski definition) is 0. The van der Waals surface area contributed by atoms with Crippen LogP contribution in [-0.4, -0.2) is 32.5 Å². The molecule has 1 atom stereocenters. The summed E-state index contributed by atoms with van der Waals surface area (Å²) in [4.78, 5) is 21.7. The molecule has 0 spiro atoms. The monoisotopic (exact) mass is 402 g/mol. The van der Waals surface area contributed by atoms with Crippen molar-refractivity contribution in [2.75, 3.05) is 7.11 Å². The highest BCUT2D eigenvalue weighted by Gasteiger charge is 2.37. The standard InChI is InChI=1S/C22H18N4O4/c1-12(27)17-13(2)30-22-19(18(17)16-5-4-10-29-16)21-24-20(25-26(21)11-23-22)14-6-8-15(28-3)9-7-14/h4-11,18H,1-3H3/t18-/m1/s1. The van der Waals surface area contributed by atoms with Crippen LogP contribution in [0, 0.1) is 0 Å². The Morgan fingerprint density at radius 3 is 2.67 bits per heavy atom. The van der Waals surface area contributed by atoms with E-state index in [0.29, 0.717) is 40.0 Å². The molecular formula is C22H18N4O4. The Morgan fingerprint density at radius 2 is 2.00 bits per heavy atom. The Hall–Kier alpha value is -3.94. The zero-order valence-corrected chi connectivity index (χ0v) is 16.6. The molecule has 1 aliphatic heterocycles. The van der Waals surface area contributed by atoms with E-state index in [2.05, 4.69) is 10.1 Å². The molecule has 8 heteroatoms. The number of allylic oxidation sites excluding steroid dienone is 2. The lowest BCUT2D eigenvalue weighted by Crippen LogP contribution is -2.21. The number of benzene rings is 1. The topological polar surface area (TPSA) is 91.8 Å². The first-order valence-electron chi connectivity index (χ1n) is 9.39. The van der Waals surface area contributed by atoms with E-state index in [1.807, 2.05) is 30.3 Å². The first-order chi connectivity index (χ1) is 14.6. The summed E-state index contributed by atoms with van der Waals surface area (Å²) in [6, 6.07) is 11.1. The first kappa shape index (κ1) is 18.1. The van der Waals surface area contributed by atoms with Gasteiger partial charge in [0.15, 0.2) is 17.3 Å². The molecule has 0 radical (unpaired) electrons. The van der Waals surface area contributed by atoms with Crippen LogP contribution in [0.4, 0.5) is 0 Å². The van der Waals surface area contributed by atoms with Crippen molar-refractivity contribution in [2.45, 2.75) is 19.8 Å². The largest absolute Gasteiger partial charge is 0.497 e. The smallest absolute Gasteiger partial charge is 0.228 e. The minimum absolute atomic E-state index is 0.101. The fourth-order valence-corrected chi connectivity index (χ4v) is 3.79. The highest BCUT2D eigenvalue weighted by atomic mass is 16.5. The van der Waals surface area contributed by atoms with E-state index in [1.54, 1.807) is 37.2 Å². The molecule has 1 aromatic carbocycles. The lowest BCUT2D eigenvalue weighted by atomic mass is 9.85. The number of aromatic nitrogens is 4. The number of furan rings is 1. The second-order valence-electron chi connectivity index (χ2n) is 6.97. The third kappa shape index (κ3) is 2.76. The Morgan fingerprint density at radius 1 is 1.20 bits per heavy atom. The Bertz CT molecular complexity index is 1290. The van der Waals surface area contributed by atoms with Crippen molar-refractivity contribution >= 4 is 11.4 Å². The van der Waals surface area contributed by atoms with Crippen LogP contribution in [0.15, 0.2) is 64.7 Å². The fourth-order valence-electron chi connectivity index (χ4n) is 3.79. The van der Waals surface area contributed by atoms with E-state index in [1.165, 1.54) is 6.92 Å². The van der Waals surface area contributed by atoms with Gasteiger partial charge in [0.1, 0.15) is 23.6 Å². The van der Waals surface area contributed by atoms with Crippen molar-refractivity contribution < 1.29 is 18.7 Å². The molecule has 0 saturated carbocycles. The molecule has 150 valence electrons. The van der Waals surface area contributed by atoms with Gasteiger partial charge in [-0.25, -0.2) is 14.5 Å². The van der Waals surface area contributed by atoms with E-state index in [9.17, 15) is 4.79 Å². The molecule has 8 nitrogen and oxygen atoms in total. The highest BCUT2D eigenvalue weighted by Crippen LogP contribution is 2.44.